The second kappa shape index (κ2) is 7.35. The van der Waals surface area contributed by atoms with Crippen molar-refractivity contribution in [2.45, 2.75) is 0 Å². The highest BCUT2D eigenvalue weighted by atomic mass is 16.4. The summed E-state index contributed by atoms with van der Waals surface area (Å²) >= 11 is 0. The summed E-state index contributed by atoms with van der Waals surface area (Å²) in [6.45, 7) is 0. The normalized spacial score (nSPS) is 10.8. The number of hydrogen-bond donors (Lipinski definition) is 3. The molecule has 0 amide bonds. The quantitative estimate of drug-likeness (QED) is 0.369. The molecule has 1 aromatic heterocycles. The maximum Gasteiger partial charge on any atom is 0.328 e. The molecular weight excluding hydrogens is 332 g/mol. The minimum atomic E-state index is -1.00. The van der Waals surface area contributed by atoms with Gasteiger partial charge in [0, 0.05) is 17.2 Å². The Morgan fingerprint density at radius 3 is 2.65 bits per heavy atom. The molecule has 7 heteroatoms. The molecule has 0 aliphatic heterocycles. The monoisotopic (exact) mass is 348 g/mol. The molecule has 0 aliphatic rings. The summed E-state index contributed by atoms with van der Waals surface area (Å²) in [5, 5.41) is 8.73. The number of benzene rings is 2. The van der Waals surface area contributed by atoms with E-state index in [0.717, 1.165) is 22.8 Å². The van der Waals surface area contributed by atoms with Gasteiger partial charge in [0.1, 0.15) is 12.0 Å². The molecule has 0 saturated heterocycles. The summed E-state index contributed by atoms with van der Waals surface area (Å²) in [7, 11) is 0. The first-order valence-electron chi connectivity index (χ1n) is 7.68. The molecule has 0 bridgehead atoms. The van der Waals surface area contributed by atoms with Crippen LogP contribution < -0.4 is 11.5 Å². The number of aromatic nitrogens is 1. The third-order valence-corrected chi connectivity index (χ3v) is 3.46. The van der Waals surface area contributed by atoms with Gasteiger partial charge in [0.25, 0.3) is 0 Å². The minimum Gasteiger partial charge on any atom is -0.478 e. The molecule has 5 N–H and O–H groups in total. The van der Waals surface area contributed by atoms with Crippen molar-refractivity contribution in [2.75, 3.05) is 0 Å². The molecule has 0 saturated carbocycles. The van der Waals surface area contributed by atoms with Gasteiger partial charge in [-0.3, -0.25) is 0 Å². The Labute approximate surface area is 149 Å². The topological polar surface area (TPSA) is 128 Å². The molecule has 2 aromatic carbocycles. The van der Waals surface area contributed by atoms with Crippen LogP contribution in [0.4, 0.5) is 5.69 Å². The summed E-state index contributed by atoms with van der Waals surface area (Å²) in [6, 6.07) is 14.5. The SMILES string of the molecule is NC(N)=Nc1cccc(-c2nc(-c3cccc(C=CC(=O)O)c3)co2)c1. The first kappa shape index (κ1) is 17.0. The van der Waals surface area contributed by atoms with Gasteiger partial charge in [0.15, 0.2) is 5.96 Å². The Balaban J connectivity index is 1.90. The standard InChI is InChI=1S/C19H16N4O3/c20-19(21)22-15-6-2-5-14(10-15)18-23-16(11-26-18)13-4-1-3-12(9-13)7-8-17(24)25/h1-11H,(H,24,25)(H4,20,21,22). The van der Waals surface area contributed by atoms with Gasteiger partial charge in [0.2, 0.25) is 5.89 Å². The van der Waals surface area contributed by atoms with Crippen LogP contribution in [0.25, 0.3) is 28.8 Å². The van der Waals surface area contributed by atoms with Crippen LogP contribution in [0, 0.1) is 0 Å². The summed E-state index contributed by atoms with van der Waals surface area (Å²) in [4.78, 5) is 19.1. The number of carboxylic acids is 1. The molecule has 0 fully saturated rings. The van der Waals surface area contributed by atoms with E-state index in [1.54, 1.807) is 24.5 Å². The number of carboxylic acid groups (broad SMARTS) is 1. The van der Waals surface area contributed by atoms with Crippen molar-refractivity contribution in [1.29, 1.82) is 0 Å². The predicted molar refractivity (Wildman–Crippen MR) is 99.5 cm³/mol. The molecule has 3 rings (SSSR count). The lowest BCUT2D eigenvalue weighted by atomic mass is 10.1. The Morgan fingerprint density at radius 1 is 1.12 bits per heavy atom. The van der Waals surface area contributed by atoms with Crippen LogP contribution in [0.3, 0.4) is 0 Å². The fraction of sp³-hybridized carbons (Fsp3) is 0. The molecule has 0 unspecified atom stereocenters. The Hall–Kier alpha value is -3.87. The van der Waals surface area contributed by atoms with Gasteiger partial charge in [-0.05, 0) is 35.9 Å². The van der Waals surface area contributed by atoms with E-state index in [9.17, 15) is 4.79 Å². The lowest BCUT2D eigenvalue weighted by Crippen LogP contribution is -2.21. The molecule has 0 radical (unpaired) electrons. The molecule has 26 heavy (non-hydrogen) atoms. The Morgan fingerprint density at radius 2 is 1.88 bits per heavy atom. The number of aliphatic imine (C=N–C) groups is 1. The van der Waals surface area contributed by atoms with E-state index in [2.05, 4.69) is 9.98 Å². The van der Waals surface area contributed by atoms with Gasteiger partial charge in [-0.15, -0.1) is 0 Å². The van der Waals surface area contributed by atoms with Crippen LogP contribution >= 0.6 is 0 Å². The van der Waals surface area contributed by atoms with Gasteiger partial charge in [-0.1, -0.05) is 24.3 Å². The largest absolute Gasteiger partial charge is 0.478 e. The van der Waals surface area contributed by atoms with Crippen molar-refractivity contribution in [3.05, 3.63) is 66.4 Å². The number of aliphatic carboxylic acids is 1. The van der Waals surface area contributed by atoms with Crippen molar-refractivity contribution >= 4 is 23.7 Å². The highest BCUT2D eigenvalue weighted by molar-refractivity contribution is 5.85. The van der Waals surface area contributed by atoms with E-state index in [1.807, 2.05) is 30.3 Å². The van der Waals surface area contributed by atoms with E-state index in [-0.39, 0.29) is 5.96 Å². The van der Waals surface area contributed by atoms with Crippen LogP contribution in [0.15, 0.2) is 70.3 Å². The number of rotatable bonds is 5. The molecule has 3 aromatic rings. The van der Waals surface area contributed by atoms with Crippen molar-refractivity contribution in [3.8, 4) is 22.7 Å². The van der Waals surface area contributed by atoms with Crippen LogP contribution in [-0.4, -0.2) is 22.0 Å². The summed E-state index contributed by atoms with van der Waals surface area (Å²) in [6.07, 6.45) is 4.15. The zero-order valence-corrected chi connectivity index (χ0v) is 13.7. The number of oxazole rings is 1. The van der Waals surface area contributed by atoms with Crippen molar-refractivity contribution in [1.82, 2.24) is 4.98 Å². The third-order valence-electron chi connectivity index (χ3n) is 3.46. The van der Waals surface area contributed by atoms with E-state index >= 15 is 0 Å². The highest BCUT2D eigenvalue weighted by Crippen LogP contribution is 2.27. The van der Waals surface area contributed by atoms with Crippen LogP contribution in [0.2, 0.25) is 0 Å². The zero-order valence-electron chi connectivity index (χ0n) is 13.7. The molecule has 0 aliphatic carbocycles. The maximum atomic E-state index is 10.6. The Kier molecular flexibility index (Phi) is 4.80. The predicted octanol–water partition coefficient (Wildman–Crippen LogP) is 3.01. The number of carbonyl (C=O) groups is 1. The van der Waals surface area contributed by atoms with Crippen LogP contribution in [-0.2, 0) is 4.79 Å². The van der Waals surface area contributed by atoms with E-state index in [0.29, 0.717) is 17.3 Å². The molecule has 130 valence electrons. The third kappa shape index (κ3) is 4.15. The summed E-state index contributed by atoms with van der Waals surface area (Å²) < 4.78 is 5.57. The van der Waals surface area contributed by atoms with Gasteiger partial charge >= 0.3 is 5.97 Å². The van der Waals surface area contributed by atoms with Gasteiger partial charge in [-0.25, -0.2) is 14.8 Å². The second-order valence-corrected chi connectivity index (χ2v) is 5.42. The zero-order chi connectivity index (χ0) is 18.5. The van der Waals surface area contributed by atoms with Gasteiger partial charge in [0.05, 0.1) is 5.69 Å². The first-order valence-corrected chi connectivity index (χ1v) is 7.68. The number of nitrogens with two attached hydrogens (primary N) is 2. The molecule has 0 spiro atoms. The Bertz CT molecular complexity index is 1000. The van der Waals surface area contributed by atoms with Crippen LogP contribution in [0.5, 0.6) is 0 Å². The lowest BCUT2D eigenvalue weighted by Gasteiger charge is -1.99. The van der Waals surface area contributed by atoms with Crippen molar-refractivity contribution in [3.63, 3.8) is 0 Å². The van der Waals surface area contributed by atoms with Crippen LogP contribution in [0.1, 0.15) is 5.56 Å². The number of guanidine groups is 1. The van der Waals surface area contributed by atoms with Crippen molar-refractivity contribution < 1.29 is 14.3 Å². The van der Waals surface area contributed by atoms with E-state index in [1.165, 1.54) is 6.08 Å². The fourth-order valence-corrected chi connectivity index (χ4v) is 2.37. The van der Waals surface area contributed by atoms with E-state index in [4.69, 9.17) is 21.0 Å². The first-order chi connectivity index (χ1) is 12.5. The second-order valence-electron chi connectivity index (χ2n) is 5.42. The summed E-state index contributed by atoms with van der Waals surface area (Å²) in [5.74, 6) is -0.597. The molecule has 1 heterocycles. The lowest BCUT2D eigenvalue weighted by molar-refractivity contribution is -0.131. The average molecular weight is 348 g/mol. The van der Waals surface area contributed by atoms with Gasteiger partial charge < -0.3 is 21.0 Å². The number of nitrogens with zero attached hydrogens (tertiary/aromatic N) is 2. The van der Waals surface area contributed by atoms with E-state index < -0.39 is 5.97 Å². The minimum absolute atomic E-state index is 0.0264. The summed E-state index contributed by atoms with van der Waals surface area (Å²) in [5.41, 5.74) is 14.3. The smallest absolute Gasteiger partial charge is 0.328 e. The highest BCUT2D eigenvalue weighted by Gasteiger charge is 2.09. The molecule has 7 nitrogen and oxygen atoms in total. The average Bonchev–Trinajstić information content (AvgIpc) is 3.10. The number of hydrogen-bond acceptors (Lipinski definition) is 4. The van der Waals surface area contributed by atoms with Crippen molar-refractivity contribution in [2.24, 2.45) is 16.5 Å². The molecule has 0 atom stereocenters. The van der Waals surface area contributed by atoms with Gasteiger partial charge in [-0.2, -0.15) is 0 Å². The molecular formula is C19H16N4O3. The maximum absolute atomic E-state index is 10.6. The fourth-order valence-electron chi connectivity index (χ4n) is 2.37.